The van der Waals surface area contributed by atoms with E-state index in [1.807, 2.05) is 44.2 Å². The summed E-state index contributed by atoms with van der Waals surface area (Å²) in [6.07, 6.45) is 1.59. The number of aryl methyl sites for hydroxylation is 1. The Balaban J connectivity index is 1.76. The van der Waals surface area contributed by atoms with Gasteiger partial charge >= 0.3 is 0 Å². The summed E-state index contributed by atoms with van der Waals surface area (Å²) in [6.45, 7) is 3.98. The van der Waals surface area contributed by atoms with Crippen LogP contribution in [0.1, 0.15) is 27.2 Å². The molecule has 26 heavy (non-hydrogen) atoms. The minimum absolute atomic E-state index is 0.262. The normalized spacial score (nSPS) is 10.0. The van der Waals surface area contributed by atoms with Crippen LogP contribution < -0.4 is 10.6 Å². The highest BCUT2D eigenvalue weighted by molar-refractivity contribution is 6.03. The van der Waals surface area contributed by atoms with Crippen molar-refractivity contribution in [3.8, 4) is 6.07 Å². The molecule has 5 nitrogen and oxygen atoms in total. The van der Waals surface area contributed by atoms with E-state index in [2.05, 4.69) is 21.7 Å². The molecule has 0 unspecified atom stereocenters. The smallest absolute Gasteiger partial charge is 0.274 e. The predicted octanol–water partition coefficient (Wildman–Crippen LogP) is 4.57. The van der Waals surface area contributed by atoms with E-state index in [4.69, 9.17) is 5.26 Å². The SMILES string of the molecule is Cc1cccc(NC(=O)c2cc(Nc3ccc(C#N)cc3)ccn2)c1C. The Hall–Kier alpha value is -3.65. The summed E-state index contributed by atoms with van der Waals surface area (Å²) in [5, 5.41) is 15.0. The first-order chi connectivity index (χ1) is 12.6. The minimum atomic E-state index is -0.262. The van der Waals surface area contributed by atoms with Gasteiger partial charge in [-0.1, -0.05) is 12.1 Å². The van der Waals surface area contributed by atoms with Gasteiger partial charge in [0, 0.05) is 23.3 Å². The lowest BCUT2D eigenvalue weighted by Gasteiger charge is -2.11. The van der Waals surface area contributed by atoms with Gasteiger partial charge in [0.25, 0.3) is 5.91 Å². The Bertz CT molecular complexity index is 988. The molecule has 2 N–H and O–H groups in total. The second kappa shape index (κ2) is 7.49. The Morgan fingerprint density at radius 1 is 1.04 bits per heavy atom. The second-order valence-electron chi connectivity index (χ2n) is 5.95. The molecular formula is C21H18N4O. The van der Waals surface area contributed by atoms with Crippen LogP contribution in [-0.2, 0) is 0 Å². The number of nitriles is 1. The number of hydrogen-bond acceptors (Lipinski definition) is 4. The van der Waals surface area contributed by atoms with E-state index in [0.717, 1.165) is 28.2 Å². The monoisotopic (exact) mass is 342 g/mol. The maximum Gasteiger partial charge on any atom is 0.274 e. The lowest BCUT2D eigenvalue weighted by atomic mass is 10.1. The van der Waals surface area contributed by atoms with Gasteiger partial charge in [-0.3, -0.25) is 9.78 Å². The van der Waals surface area contributed by atoms with Gasteiger partial charge in [0.15, 0.2) is 0 Å². The molecule has 5 heteroatoms. The lowest BCUT2D eigenvalue weighted by Crippen LogP contribution is -2.14. The van der Waals surface area contributed by atoms with Crippen molar-refractivity contribution in [3.63, 3.8) is 0 Å². The van der Waals surface area contributed by atoms with Crippen molar-refractivity contribution in [2.24, 2.45) is 0 Å². The van der Waals surface area contributed by atoms with Crippen LogP contribution in [0, 0.1) is 25.2 Å². The number of amides is 1. The van der Waals surface area contributed by atoms with Crippen LogP contribution in [0.25, 0.3) is 0 Å². The first-order valence-corrected chi connectivity index (χ1v) is 8.17. The standard InChI is InChI=1S/C21H18N4O/c1-14-4-3-5-19(15(14)2)25-21(26)20-12-18(10-11-23-20)24-17-8-6-16(13-22)7-9-17/h3-12H,1-2H3,(H,23,24)(H,25,26). The van der Waals surface area contributed by atoms with Crippen molar-refractivity contribution < 1.29 is 4.79 Å². The quantitative estimate of drug-likeness (QED) is 0.728. The Kier molecular flexibility index (Phi) is 4.95. The van der Waals surface area contributed by atoms with Crippen LogP contribution in [0.15, 0.2) is 60.8 Å². The van der Waals surface area contributed by atoms with E-state index < -0.39 is 0 Å². The number of carbonyl (C=O) groups is 1. The molecule has 0 radical (unpaired) electrons. The fraction of sp³-hybridized carbons (Fsp3) is 0.0952. The summed E-state index contributed by atoms with van der Waals surface area (Å²) in [7, 11) is 0. The van der Waals surface area contributed by atoms with Crippen molar-refractivity contribution in [2.75, 3.05) is 10.6 Å². The fourth-order valence-corrected chi connectivity index (χ4v) is 2.50. The van der Waals surface area contributed by atoms with E-state index in [0.29, 0.717) is 11.3 Å². The van der Waals surface area contributed by atoms with Gasteiger partial charge in [-0.15, -0.1) is 0 Å². The van der Waals surface area contributed by atoms with Gasteiger partial charge in [-0.2, -0.15) is 5.26 Å². The Labute approximate surface area is 152 Å². The zero-order valence-corrected chi connectivity index (χ0v) is 14.6. The van der Waals surface area contributed by atoms with Crippen LogP contribution in [-0.4, -0.2) is 10.9 Å². The molecule has 1 amide bonds. The summed E-state index contributed by atoms with van der Waals surface area (Å²) < 4.78 is 0. The van der Waals surface area contributed by atoms with Crippen LogP contribution in [0.2, 0.25) is 0 Å². The van der Waals surface area contributed by atoms with E-state index >= 15 is 0 Å². The maximum absolute atomic E-state index is 12.5. The van der Waals surface area contributed by atoms with Gasteiger partial charge in [0.1, 0.15) is 5.69 Å². The summed E-state index contributed by atoms with van der Waals surface area (Å²) in [4.78, 5) is 16.7. The van der Waals surface area contributed by atoms with E-state index in [-0.39, 0.29) is 5.91 Å². The first kappa shape index (κ1) is 17.2. The summed E-state index contributed by atoms with van der Waals surface area (Å²) in [5.41, 5.74) is 5.43. The third kappa shape index (κ3) is 3.87. The van der Waals surface area contributed by atoms with Crippen LogP contribution >= 0.6 is 0 Å². The molecule has 0 fully saturated rings. The number of benzene rings is 2. The molecule has 0 aliphatic carbocycles. The summed E-state index contributed by atoms with van der Waals surface area (Å²) >= 11 is 0. The molecule has 0 aliphatic rings. The molecule has 1 heterocycles. The fourth-order valence-electron chi connectivity index (χ4n) is 2.50. The predicted molar refractivity (Wildman–Crippen MR) is 103 cm³/mol. The van der Waals surface area contributed by atoms with E-state index in [1.54, 1.807) is 30.5 Å². The highest BCUT2D eigenvalue weighted by Gasteiger charge is 2.10. The number of hydrogen-bond donors (Lipinski definition) is 2. The molecule has 0 saturated carbocycles. The van der Waals surface area contributed by atoms with E-state index in [1.165, 1.54) is 0 Å². The van der Waals surface area contributed by atoms with Crippen molar-refractivity contribution in [1.29, 1.82) is 5.26 Å². The first-order valence-electron chi connectivity index (χ1n) is 8.17. The van der Waals surface area contributed by atoms with Crippen LogP contribution in [0.4, 0.5) is 17.1 Å². The minimum Gasteiger partial charge on any atom is -0.355 e. The highest BCUT2D eigenvalue weighted by atomic mass is 16.1. The Morgan fingerprint density at radius 2 is 1.81 bits per heavy atom. The largest absolute Gasteiger partial charge is 0.355 e. The van der Waals surface area contributed by atoms with Crippen molar-refractivity contribution >= 4 is 23.0 Å². The third-order valence-corrected chi connectivity index (χ3v) is 4.15. The van der Waals surface area contributed by atoms with Crippen LogP contribution in [0.5, 0.6) is 0 Å². The van der Waals surface area contributed by atoms with Crippen molar-refractivity contribution in [1.82, 2.24) is 4.98 Å². The molecule has 0 aliphatic heterocycles. The number of nitrogens with one attached hydrogen (secondary N) is 2. The third-order valence-electron chi connectivity index (χ3n) is 4.15. The molecule has 1 aromatic heterocycles. The van der Waals surface area contributed by atoms with E-state index in [9.17, 15) is 4.79 Å². The van der Waals surface area contributed by atoms with Crippen molar-refractivity contribution in [2.45, 2.75) is 13.8 Å². The summed E-state index contributed by atoms with van der Waals surface area (Å²) in [5.74, 6) is -0.262. The number of pyridine rings is 1. The molecule has 0 atom stereocenters. The molecular weight excluding hydrogens is 324 g/mol. The second-order valence-corrected chi connectivity index (χ2v) is 5.95. The van der Waals surface area contributed by atoms with Gasteiger partial charge < -0.3 is 10.6 Å². The molecule has 3 aromatic rings. The number of nitrogens with zero attached hydrogens (tertiary/aromatic N) is 2. The van der Waals surface area contributed by atoms with Gasteiger partial charge in [-0.25, -0.2) is 0 Å². The highest BCUT2D eigenvalue weighted by Crippen LogP contribution is 2.20. The van der Waals surface area contributed by atoms with Gasteiger partial charge in [0.05, 0.1) is 11.6 Å². The maximum atomic E-state index is 12.5. The molecule has 0 saturated heterocycles. The number of carbonyl (C=O) groups excluding carboxylic acids is 1. The number of rotatable bonds is 4. The topological polar surface area (TPSA) is 77.8 Å². The zero-order chi connectivity index (χ0) is 18.5. The lowest BCUT2D eigenvalue weighted by molar-refractivity contribution is 0.102. The molecule has 0 spiro atoms. The summed E-state index contributed by atoms with van der Waals surface area (Å²) in [6, 6.07) is 18.4. The van der Waals surface area contributed by atoms with Gasteiger partial charge in [0.2, 0.25) is 0 Å². The molecule has 3 rings (SSSR count). The number of anilines is 3. The average molecular weight is 342 g/mol. The molecule has 0 bridgehead atoms. The molecule has 2 aromatic carbocycles. The Morgan fingerprint density at radius 3 is 2.54 bits per heavy atom. The van der Waals surface area contributed by atoms with Gasteiger partial charge in [-0.05, 0) is 67.4 Å². The van der Waals surface area contributed by atoms with Crippen molar-refractivity contribution in [3.05, 3.63) is 83.2 Å². The number of aromatic nitrogens is 1. The van der Waals surface area contributed by atoms with Crippen LogP contribution in [0.3, 0.4) is 0 Å². The molecule has 128 valence electrons. The zero-order valence-electron chi connectivity index (χ0n) is 14.6. The average Bonchev–Trinajstić information content (AvgIpc) is 2.66.